The molecule has 0 bridgehead atoms. The standard InChI is InChI=1S/C10H14ClN3/c1-3-8-9(11)12-6-13-10(8)14(2)7-4-5-7/h6-7H,3-5H2,1-2H3. The van der Waals surface area contributed by atoms with Gasteiger partial charge >= 0.3 is 0 Å². The molecule has 2 rings (SSSR count). The molecule has 1 heterocycles. The van der Waals surface area contributed by atoms with E-state index < -0.39 is 0 Å². The van der Waals surface area contributed by atoms with Crippen LogP contribution in [0.15, 0.2) is 6.33 Å². The molecule has 1 aromatic rings. The van der Waals surface area contributed by atoms with Crippen LogP contribution in [0, 0.1) is 0 Å². The highest BCUT2D eigenvalue weighted by atomic mass is 35.5. The Labute approximate surface area is 89.1 Å². The number of aromatic nitrogens is 2. The van der Waals surface area contributed by atoms with E-state index in [-0.39, 0.29) is 0 Å². The summed E-state index contributed by atoms with van der Waals surface area (Å²) in [6.07, 6.45) is 4.95. The number of hydrogen-bond acceptors (Lipinski definition) is 3. The van der Waals surface area contributed by atoms with E-state index in [4.69, 9.17) is 11.6 Å². The van der Waals surface area contributed by atoms with E-state index in [9.17, 15) is 0 Å². The second kappa shape index (κ2) is 3.73. The zero-order valence-corrected chi connectivity index (χ0v) is 9.25. The fourth-order valence-electron chi connectivity index (χ4n) is 1.63. The normalized spacial score (nSPS) is 15.6. The molecule has 76 valence electrons. The summed E-state index contributed by atoms with van der Waals surface area (Å²) in [6, 6.07) is 0.659. The van der Waals surface area contributed by atoms with Gasteiger partial charge in [0.15, 0.2) is 0 Å². The van der Waals surface area contributed by atoms with Crippen LogP contribution >= 0.6 is 11.6 Å². The van der Waals surface area contributed by atoms with Gasteiger partial charge in [-0.1, -0.05) is 18.5 Å². The quantitative estimate of drug-likeness (QED) is 0.719. The highest BCUT2D eigenvalue weighted by Crippen LogP contribution is 2.32. The predicted octanol–water partition coefficient (Wildman–Crippen LogP) is 2.29. The van der Waals surface area contributed by atoms with Gasteiger partial charge in [-0.05, 0) is 19.3 Å². The van der Waals surface area contributed by atoms with Gasteiger partial charge in [-0.2, -0.15) is 0 Å². The molecule has 1 aliphatic carbocycles. The van der Waals surface area contributed by atoms with Crippen LogP contribution in [0.1, 0.15) is 25.3 Å². The largest absolute Gasteiger partial charge is 0.356 e. The molecule has 4 heteroatoms. The topological polar surface area (TPSA) is 29.0 Å². The molecule has 3 nitrogen and oxygen atoms in total. The SMILES string of the molecule is CCc1c(Cl)ncnc1N(C)C1CC1. The van der Waals surface area contributed by atoms with Gasteiger partial charge in [0, 0.05) is 18.7 Å². The second-order valence-corrected chi connectivity index (χ2v) is 4.02. The first kappa shape index (κ1) is 9.71. The van der Waals surface area contributed by atoms with Gasteiger partial charge in [-0.25, -0.2) is 9.97 Å². The van der Waals surface area contributed by atoms with E-state index in [1.54, 1.807) is 0 Å². The molecule has 1 aliphatic rings. The van der Waals surface area contributed by atoms with Crippen molar-refractivity contribution in [3.05, 3.63) is 17.0 Å². The third-order valence-corrected chi connectivity index (χ3v) is 2.98. The lowest BCUT2D eigenvalue weighted by atomic mass is 10.2. The molecule has 0 N–H and O–H groups in total. The number of nitrogens with zero attached hydrogens (tertiary/aromatic N) is 3. The van der Waals surface area contributed by atoms with E-state index in [1.165, 1.54) is 19.2 Å². The lowest BCUT2D eigenvalue weighted by Gasteiger charge is -2.20. The molecule has 1 aromatic heterocycles. The first-order chi connectivity index (χ1) is 6.74. The highest BCUT2D eigenvalue weighted by Gasteiger charge is 2.28. The van der Waals surface area contributed by atoms with Crippen LogP contribution in [0.5, 0.6) is 0 Å². The monoisotopic (exact) mass is 211 g/mol. The molecule has 0 spiro atoms. The Kier molecular flexibility index (Phi) is 2.59. The van der Waals surface area contributed by atoms with E-state index in [0.29, 0.717) is 11.2 Å². The maximum absolute atomic E-state index is 6.02. The molecular formula is C10H14ClN3. The summed E-state index contributed by atoms with van der Waals surface area (Å²) in [7, 11) is 2.08. The Morgan fingerprint density at radius 2 is 2.21 bits per heavy atom. The Hall–Kier alpha value is -0.830. The van der Waals surface area contributed by atoms with Gasteiger partial charge in [-0.15, -0.1) is 0 Å². The third-order valence-electron chi connectivity index (χ3n) is 2.65. The highest BCUT2D eigenvalue weighted by molar-refractivity contribution is 6.30. The van der Waals surface area contributed by atoms with Crippen molar-refractivity contribution in [3.8, 4) is 0 Å². The summed E-state index contributed by atoms with van der Waals surface area (Å²) in [5.41, 5.74) is 1.06. The van der Waals surface area contributed by atoms with Crippen LogP contribution in [-0.4, -0.2) is 23.1 Å². The van der Waals surface area contributed by atoms with E-state index >= 15 is 0 Å². The summed E-state index contributed by atoms with van der Waals surface area (Å²) in [6.45, 7) is 2.08. The first-order valence-corrected chi connectivity index (χ1v) is 5.34. The maximum Gasteiger partial charge on any atom is 0.137 e. The number of hydrogen-bond donors (Lipinski definition) is 0. The van der Waals surface area contributed by atoms with E-state index in [0.717, 1.165) is 17.8 Å². The first-order valence-electron chi connectivity index (χ1n) is 4.96. The molecule has 1 fully saturated rings. The zero-order chi connectivity index (χ0) is 10.1. The van der Waals surface area contributed by atoms with Crippen molar-refractivity contribution in [1.82, 2.24) is 9.97 Å². The number of anilines is 1. The Morgan fingerprint density at radius 1 is 1.50 bits per heavy atom. The lowest BCUT2D eigenvalue weighted by Crippen LogP contribution is -2.22. The maximum atomic E-state index is 6.02. The van der Waals surface area contributed by atoms with Crippen molar-refractivity contribution in [2.45, 2.75) is 32.2 Å². The minimum atomic E-state index is 0.588. The van der Waals surface area contributed by atoms with Crippen molar-refractivity contribution >= 4 is 17.4 Å². The third kappa shape index (κ3) is 1.69. The van der Waals surface area contributed by atoms with Crippen LogP contribution in [0.4, 0.5) is 5.82 Å². The van der Waals surface area contributed by atoms with Crippen LogP contribution in [0.3, 0.4) is 0 Å². The van der Waals surface area contributed by atoms with Gasteiger partial charge in [0.1, 0.15) is 17.3 Å². The van der Waals surface area contributed by atoms with Gasteiger partial charge in [0.2, 0.25) is 0 Å². The lowest BCUT2D eigenvalue weighted by molar-refractivity contribution is 0.865. The van der Waals surface area contributed by atoms with Crippen molar-refractivity contribution in [2.75, 3.05) is 11.9 Å². The van der Waals surface area contributed by atoms with Gasteiger partial charge in [0.05, 0.1) is 0 Å². The van der Waals surface area contributed by atoms with Crippen molar-refractivity contribution < 1.29 is 0 Å². The number of rotatable bonds is 3. The Morgan fingerprint density at radius 3 is 2.79 bits per heavy atom. The number of halogens is 1. The molecule has 0 unspecified atom stereocenters. The van der Waals surface area contributed by atoms with Crippen LogP contribution in [0.2, 0.25) is 5.15 Å². The Bertz CT molecular complexity index is 336. The second-order valence-electron chi connectivity index (χ2n) is 3.66. The smallest absolute Gasteiger partial charge is 0.137 e. The van der Waals surface area contributed by atoms with Crippen molar-refractivity contribution in [3.63, 3.8) is 0 Å². The van der Waals surface area contributed by atoms with E-state index in [2.05, 4.69) is 28.8 Å². The summed E-state index contributed by atoms with van der Waals surface area (Å²) in [5.74, 6) is 0.995. The van der Waals surface area contributed by atoms with Crippen molar-refractivity contribution in [1.29, 1.82) is 0 Å². The van der Waals surface area contributed by atoms with E-state index in [1.807, 2.05) is 0 Å². The summed E-state index contributed by atoms with van der Waals surface area (Å²) >= 11 is 6.02. The molecular weight excluding hydrogens is 198 g/mol. The van der Waals surface area contributed by atoms with Gasteiger partial charge in [-0.3, -0.25) is 0 Å². The zero-order valence-electron chi connectivity index (χ0n) is 8.50. The van der Waals surface area contributed by atoms with Gasteiger partial charge < -0.3 is 4.90 Å². The van der Waals surface area contributed by atoms with Crippen LogP contribution < -0.4 is 4.90 Å². The molecule has 0 atom stereocenters. The molecule has 14 heavy (non-hydrogen) atoms. The van der Waals surface area contributed by atoms with Crippen molar-refractivity contribution in [2.24, 2.45) is 0 Å². The molecule has 0 saturated heterocycles. The minimum Gasteiger partial charge on any atom is -0.356 e. The molecule has 0 amide bonds. The Balaban J connectivity index is 2.35. The fourth-order valence-corrected chi connectivity index (χ4v) is 1.89. The van der Waals surface area contributed by atoms with Crippen LogP contribution in [-0.2, 0) is 6.42 Å². The molecule has 1 saturated carbocycles. The average molecular weight is 212 g/mol. The minimum absolute atomic E-state index is 0.588. The summed E-state index contributed by atoms with van der Waals surface area (Å²) in [5, 5.41) is 0.588. The fraction of sp³-hybridized carbons (Fsp3) is 0.600. The summed E-state index contributed by atoms with van der Waals surface area (Å²) < 4.78 is 0. The molecule has 0 aromatic carbocycles. The average Bonchev–Trinajstić information content (AvgIpc) is 2.99. The van der Waals surface area contributed by atoms with Gasteiger partial charge in [0.25, 0.3) is 0 Å². The molecule has 0 aliphatic heterocycles. The van der Waals surface area contributed by atoms with Crippen LogP contribution in [0.25, 0.3) is 0 Å². The predicted molar refractivity (Wildman–Crippen MR) is 57.8 cm³/mol. The molecule has 0 radical (unpaired) electrons. The summed E-state index contributed by atoms with van der Waals surface area (Å²) in [4.78, 5) is 10.5.